The number of H-pyrrole nitrogens is 1. The number of hydrogen-bond acceptors (Lipinski definition) is 3. The molecule has 3 N–H and O–H groups in total. The molecule has 90 valence electrons. The Kier molecular flexibility index (Phi) is 2.41. The number of nitrogens with one attached hydrogen (secondary N) is 1. The number of nitrogens with two attached hydrogens (primary N) is 1. The summed E-state index contributed by atoms with van der Waals surface area (Å²) in [6.07, 6.45) is 1.77. The minimum Gasteiger partial charge on any atom is -0.460 e. The topological polar surface area (TPSA) is 67.8 Å². The molecule has 0 aliphatic rings. The first-order valence-corrected chi connectivity index (χ1v) is 5.70. The van der Waals surface area contributed by atoms with Gasteiger partial charge in [0.2, 0.25) is 0 Å². The van der Waals surface area contributed by atoms with Gasteiger partial charge < -0.3 is 15.1 Å². The van der Waals surface area contributed by atoms with Crippen molar-refractivity contribution in [1.82, 2.24) is 9.97 Å². The third-order valence-electron chi connectivity index (χ3n) is 2.77. The summed E-state index contributed by atoms with van der Waals surface area (Å²) in [7, 11) is 0. The maximum atomic E-state index is 5.66. The van der Waals surface area contributed by atoms with E-state index >= 15 is 0 Å². The summed E-state index contributed by atoms with van der Waals surface area (Å²) in [6.45, 7) is 1.92. The number of rotatable bonds is 2. The van der Waals surface area contributed by atoms with Gasteiger partial charge in [-0.25, -0.2) is 4.98 Å². The lowest BCUT2D eigenvalue weighted by Gasteiger charge is -1.97. The molecule has 4 heteroatoms. The molecule has 0 spiro atoms. The number of imidazole rings is 1. The molecule has 0 unspecified atom stereocenters. The zero-order chi connectivity index (χ0) is 12.5. The number of furan rings is 1. The Hall–Kier alpha value is -2.49. The summed E-state index contributed by atoms with van der Waals surface area (Å²) < 4.78 is 5.55. The van der Waals surface area contributed by atoms with Crippen molar-refractivity contribution in [3.05, 3.63) is 48.4 Å². The van der Waals surface area contributed by atoms with Crippen LogP contribution in [-0.4, -0.2) is 9.97 Å². The second kappa shape index (κ2) is 4.07. The van der Waals surface area contributed by atoms with E-state index < -0.39 is 0 Å². The lowest BCUT2D eigenvalue weighted by atomic mass is 10.2. The Balaban J connectivity index is 1.96. The predicted octanol–water partition coefficient (Wildman–Crippen LogP) is 3.23. The maximum absolute atomic E-state index is 5.66. The molecule has 0 saturated carbocycles. The number of aromatic nitrogens is 2. The van der Waals surface area contributed by atoms with Gasteiger partial charge in [-0.1, -0.05) is 0 Å². The number of anilines is 1. The molecule has 0 aliphatic heterocycles. The van der Waals surface area contributed by atoms with Crippen LogP contribution in [0.4, 0.5) is 5.69 Å². The van der Waals surface area contributed by atoms with E-state index in [1.165, 1.54) is 0 Å². The number of benzene rings is 1. The van der Waals surface area contributed by atoms with E-state index in [9.17, 15) is 0 Å². The van der Waals surface area contributed by atoms with Crippen LogP contribution >= 0.6 is 0 Å². The highest BCUT2D eigenvalue weighted by Crippen LogP contribution is 2.24. The fourth-order valence-electron chi connectivity index (χ4n) is 1.81. The minimum atomic E-state index is 0.743. The van der Waals surface area contributed by atoms with Gasteiger partial charge in [0.25, 0.3) is 0 Å². The molecule has 0 aliphatic carbocycles. The van der Waals surface area contributed by atoms with Crippen molar-refractivity contribution in [3.63, 3.8) is 0 Å². The van der Waals surface area contributed by atoms with Crippen LogP contribution in [0.2, 0.25) is 0 Å². The van der Waals surface area contributed by atoms with Gasteiger partial charge in [0.05, 0.1) is 6.20 Å². The van der Waals surface area contributed by atoms with E-state index in [1.54, 1.807) is 6.20 Å². The lowest BCUT2D eigenvalue weighted by Crippen LogP contribution is -1.85. The van der Waals surface area contributed by atoms with E-state index in [0.29, 0.717) is 0 Å². The Morgan fingerprint density at radius 1 is 1.11 bits per heavy atom. The minimum absolute atomic E-state index is 0.743. The number of aromatic amines is 1. The molecule has 3 rings (SSSR count). The lowest BCUT2D eigenvalue weighted by molar-refractivity contribution is 0.547. The van der Waals surface area contributed by atoms with Crippen LogP contribution in [0.3, 0.4) is 0 Å². The summed E-state index contributed by atoms with van der Waals surface area (Å²) in [5.74, 6) is 2.48. The molecule has 0 bridgehead atoms. The van der Waals surface area contributed by atoms with Gasteiger partial charge in [0.15, 0.2) is 5.76 Å². The monoisotopic (exact) mass is 239 g/mol. The SMILES string of the molecule is Cc1ccc(-c2cnc(-c3ccc(N)cc3)[nH]2)o1. The average Bonchev–Trinajstić information content (AvgIpc) is 2.98. The average molecular weight is 239 g/mol. The molecule has 18 heavy (non-hydrogen) atoms. The van der Waals surface area contributed by atoms with Crippen LogP contribution in [0.5, 0.6) is 0 Å². The highest BCUT2D eigenvalue weighted by molar-refractivity contribution is 5.63. The fourth-order valence-corrected chi connectivity index (χ4v) is 1.81. The van der Waals surface area contributed by atoms with Crippen LogP contribution in [0.15, 0.2) is 47.0 Å². The van der Waals surface area contributed by atoms with Gasteiger partial charge in [-0.2, -0.15) is 0 Å². The van der Waals surface area contributed by atoms with Crippen molar-refractivity contribution in [3.8, 4) is 22.8 Å². The van der Waals surface area contributed by atoms with Crippen LogP contribution in [0.1, 0.15) is 5.76 Å². The maximum Gasteiger partial charge on any atom is 0.152 e. The van der Waals surface area contributed by atoms with Crippen LogP contribution in [0, 0.1) is 6.92 Å². The van der Waals surface area contributed by atoms with E-state index in [4.69, 9.17) is 10.2 Å². The Morgan fingerprint density at radius 2 is 1.89 bits per heavy atom. The molecule has 2 heterocycles. The van der Waals surface area contributed by atoms with Crippen LogP contribution in [0.25, 0.3) is 22.8 Å². The molecule has 3 aromatic rings. The van der Waals surface area contributed by atoms with Gasteiger partial charge in [0, 0.05) is 11.3 Å². The molecule has 1 aromatic carbocycles. The third-order valence-corrected chi connectivity index (χ3v) is 2.77. The summed E-state index contributed by atoms with van der Waals surface area (Å²) in [5, 5.41) is 0. The molecule has 0 radical (unpaired) electrons. The first kappa shape index (κ1) is 10.7. The summed E-state index contributed by atoms with van der Waals surface area (Å²) in [4.78, 5) is 7.58. The van der Waals surface area contributed by atoms with E-state index in [0.717, 1.165) is 34.3 Å². The first-order valence-electron chi connectivity index (χ1n) is 5.70. The molecule has 4 nitrogen and oxygen atoms in total. The molecule has 0 saturated heterocycles. The van der Waals surface area contributed by atoms with E-state index in [1.807, 2.05) is 43.3 Å². The molecule has 0 atom stereocenters. The molecular formula is C14H13N3O. The van der Waals surface area contributed by atoms with Crippen molar-refractivity contribution < 1.29 is 4.42 Å². The number of hydrogen-bond donors (Lipinski definition) is 2. The van der Waals surface area contributed by atoms with Gasteiger partial charge in [0.1, 0.15) is 17.3 Å². The Labute approximate surface area is 104 Å². The van der Waals surface area contributed by atoms with Crippen LogP contribution in [-0.2, 0) is 0 Å². The normalized spacial score (nSPS) is 10.7. The highest BCUT2D eigenvalue weighted by atomic mass is 16.3. The second-order valence-corrected chi connectivity index (χ2v) is 4.18. The quantitative estimate of drug-likeness (QED) is 0.674. The number of nitrogen functional groups attached to an aromatic ring is 1. The standard InChI is InChI=1S/C14H13N3O/c1-9-2-7-13(18-9)12-8-16-14(17-12)10-3-5-11(15)6-4-10/h2-8H,15H2,1H3,(H,16,17). The van der Waals surface area contributed by atoms with Gasteiger partial charge in [-0.15, -0.1) is 0 Å². The van der Waals surface area contributed by atoms with E-state index in [2.05, 4.69) is 9.97 Å². The van der Waals surface area contributed by atoms with Crippen molar-refractivity contribution >= 4 is 5.69 Å². The summed E-state index contributed by atoms with van der Waals surface area (Å²) in [5.41, 5.74) is 8.27. The van der Waals surface area contributed by atoms with Crippen molar-refractivity contribution in [2.24, 2.45) is 0 Å². The molecular weight excluding hydrogens is 226 g/mol. The van der Waals surface area contributed by atoms with Crippen molar-refractivity contribution in [1.29, 1.82) is 0 Å². The zero-order valence-corrected chi connectivity index (χ0v) is 9.97. The third kappa shape index (κ3) is 1.88. The number of aryl methyl sites for hydroxylation is 1. The van der Waals surface area contributed by atoms with E-state index in [-0.39, 0.29) is 0 Å². The van der Waals surface area contributed by atoms with Gasteiger partial charge in [-0.05, 0) is 43.3 Å². The van der Waals surface area contributed by atoms with Gasteiger partial charge >= 0.3 is 0 Å². The summed E-state index contributed by atoms with van der Waals surface area (Å²) >= 11 is 0. The molecule has 0 fully saturated rings. The van der Waals surface area contributed by atoms with Gasteiger partial charge in [-0.3, -0.25) is 0 Å². The molecule has 2 aromatic heterocycles. The van der Waals surface area contributed by atoms with Crippen LogP contribution < -0.4 is 5.73 Å². The van der Waals surface area contributed by atoms with Crippen molar-refractivity contribution in [2.75, 3.05) is 5.73 Å². The Morgan fingerprint density at radius 3 is 2.56 bits per heavy atom. The second-order valence-electron chi connectivity index (χ2n) is 4.18. The highest BCUT2D eigenvalue weighted by Gasteiger charge is 2.07. The smallest absolute Gasteiger partial charge is 0.152 e. The first-order chi connectivity index (χ1) is 8.72. The largest absolute Gasteiger partial charge is 0.460 e. The molecule has 0 amide bonds. The number of nitrogens with zero attached hydrogens (tertiary/aromatic N) is 1. The zero-order valence-electron chi connectivity index (χ0n) is 9.97. The Bertz CT molecular complexity index is 664. The van der Waals surface area contributed by atoms with Crippen molar-refractivity contribution in [2.45, 2.75) is 6.92 Å². The summed E-state index contributed by atoms with van der Waals surface area (Å²) in [6, 6.07) is 11.4. The fraction of sp³-hybridized carbons (Fsp3) is 0.0714. The predicted molar refractivity (Wildman–Crippen MR) is 70.9 cm³/mol.